The molecule has 4 aromatic rings. The number of benzene rings is 2. The zero-order valence-corrected chi connectivity index (χ0v) is 23.4. The van der Waals surface area contributed by atoms with Crippen LogP contribution in [-0.4, -0.2) is 46.0 Å². The van der Waals surface area contributed by atoms with Gasteiger partial charge in [-0.2, -0.15) is 13.2 Å². The van der Waals surface area contributed by atoms with E-state index in [4.69, 9.17) is 9.72 Å². The Morgan fingerprint density at radius 3 is 2.48 bits per heavy atom. The van der Waals surface area contributed by atoms with Crippen LogP contribution in [0.15, 0.2) is 48.5 Å². The topological polar surface area (TPSA) is 89.0 Å². The van der Waals surface area contributed by atoms with Crippen LogP contribution in [0.5, 0.6) is 0 Å². The highest BCUT2D eigenvalue weighted by molar-refractivity contribution is 7.18. The molecule has 1 fully saturated rings. The average Bonchev–Trinajstić information content (AvgIpc) is 3.34. The molecule has 0 radical (unpaired) electrons. The molecule has 7 nitrogen and oxygen atoms in total. The number of carbonyl (C=O) groups excluding carboxylic acids is 1. The zero-order valence-electron chi connectivity index (χ0n) is 22.6. The molecule has 2 aromatic carbocycles. The van der Waals surface area contributed by atoms with Crippen molar-refractivity contribution >= 4 is 39.0 Å². The van der Waals surface area contributed by atoms with Gasteiger partial charge in [0.05, 0.1) is 11.1 Å². The summed E-state index contributed by atoms with van der Waals surface area (Å²) in [6, 6.07) is 14.4. The third-order valence-electron chi connectivity index (χ3n) is 6.77. The van der Waals surface area contributed by atoms with Crippen molar-refractivity contribution in [1.82, 2.24) is 15.2 Å². The highest BCUT2D eigenvalue weighted by Crippen LogP contribution is 2.37. The van der Waals surface area contributed by atoms with E-state index in [1.165, 1.54) is 11.3 Å². The van der Waals surface area contributed by atoms with E-state index in [2.05, 4.69) is 20.8 Å². The van der Waals surface area contributed by atoms with E-state index in [-0.39, 0.29) is 23.5 Å². The second-order valence-electron chi connectivity index (χ2n) is 11.1. The number of aromatic nitrogens is 3. The second kappa shape index (κ2) is 10.7. The second-order valence-corrected chi connectivity index (χ2v) is 12.1. The maximum Gasteiger partial charge on any atom is 0.405 e. The smallest absolute Gasteiger partial charge is 0.405 e. The van der Waals surface area contributed by atoms with Crippen LogP contribution < -0.4 is 10.6 Å². The molecule has 0 spiro atoms. The molecule has 2 N–H and O–H groups in total. The van der Waals surface area contributed by atoms with Crippen LogP contribution >= 0.6 is 11.3 Å². The Bertz CT molecular complexity index is 1530. The van der Waals surface area contributed by atoms with Crippen molar-refractivity contribution in [2.45, 2.75) is 64.3 Å². The molecule has 0 atom stereocenters. The van der Waals surface area contributed by atoms with E-state index in [1.807, 2.05) is 39.8 Å². The van der Waals surface area contributed by atoms with Crippen molar-refractivity contribution in [3.8, 4) is 10.7 Å². The summed E-state index contributed by atoms with van der Waals surface area (Å²) in [4.78, 5) is 17.1. The molecule has 1 aliphatic carbocycles. The van der Waals surface area contributed by atoms with Crippen molar-refractivity contribution in [2.24, 2.45) is 0 Å². The molecule has 0 bridgehead atoms. The van der Waals surface area contributed by atoms with Gasteiger partial charge in [0, 0.05) is 30.0 Å². The lowest BCUT2D eigenvalue weighted by Crippen LogP contribution is -2.41. The summed E-state index contributed by atoms with van der Waals surface area (Å²) in [5.41, 5.74) is 3.69. The number of anilines is 2. The van der Waals surface area contributed by atoms with E-state index < -0.39 is 12.7 Å². The van der Waals surface area contributed by atoms with Crippen LogP contribution in [0.2, 0.25) is 0 Å². The molecule has 210 valence electrons. The standard InChI is InChI=1S/C29H30F3N5O2S/c1-16-10-23(35-24-21(16)13-18(33-15-29(30,31)32)14-22(24)28(2,3)4)25-36-37-27(40-25)34-19-11-20(12-19)39-26(38)17-8-6-5-7-9-17/h5-10,13-14,19-20,33H,11-12,15H2,1-4H3,(H,34,37)/t19-,20+. The number of carbonyl (C=O) groups is 1. The maximum atomic E-state index is 12.8. The van der Waals surface area contributed by atoms with E-state index in [9.17, 15) is 18.0 Å². The van der Waals surface area contributed by atoms with E-state index in [1.54, 1.807) is 36.4 Å². The summed E-state index contributed by atoms with van der Waals surface area (Å²) in [6.07, 6.45) is -3.10. The van der Waals surface area contributed by atoms with Crippen molar-refractivity contribution in [3.63, 3.8) is 0 Å². The van der Waals surface area contributed by atoms with Gasteiger partial charge in [-0.15, -0.1) is 10.2 Å². The molecule has 2 aromatic heterocycles. The minimum absolute atomic E-state index is 0.121. The number of nitrogens with zero attached hydrogens (tertiary/aromatic N) is 3. The molecule has 1 aliphatic rings. The summed E-state index contributed by atoms with van der Waals surface area (Å²) >= 11 is 1.38. The number of hydrogen-bond donors (Lipinski definition) is 2. The lowest BCUT2D eigenvalue weighted by atomic mass is 9.84. The lowest BCUT2D eigenvalue weighted by Gasteiger charge is -2.34. The third-order valence-corrected chi connectivity index (χ3v) is 7.65. The van der Waals surface area contributed by atoms with Gasteiger partial charge in [0.25, 0.3) is 0 Å². The van der Waals surface area contributed by atoms with Gasteiger partial charge < -0.3 is 15.4 Å². The molecular weight excluding hydrogens is 539 g/mol. The number of halogens is 3. The van der Waals surface area contributed by atoms with Crippen molar-refractivity contribution in [2.75, 3.05) is 17.2 Å². The summed E-state index contributed by atoms with van der Waals surface area (Å²) in [5, 5.41) is 16.6. The highest BCUT2D eigenvalue weighted by atomic mass is 32.1. The number of nitrogens with one attached hydrogen (secondary N) is 2. The molecule has 11 heteroatoms. The van der Waals surface area contributed by atoms with Gasteiger partial charge in [-0.05, 0) is 53.8 Å². The van der Waals surface area contributed by atoms with Crippen LogP contribution in [0.1, 0.15) is 55.1 Å². The summed E-state index contributed by atoms with van der Waals surface area (Å²) in [7, 11) is 0. The minimum atomic E-state index is -4.31. The monoisotopic (exact) mass is 569 g/mol. The summed E-state index contributed by atoms with van der Waals surface area (Å²) in [5.74, 6) is -0.321. The molecule has 1 saturated carbocycles. The number of rotatable bonds is 7. The number of hydrogen-bond acceptors (Lipinski definition) is 8. The van der Waals surface area contributed by atoms with Crippen molar-refractivity contribution < 1.29 is 22.7 Å². The highest BCUT2D eigenvalue weighted by Gasteiger charge is 2.33. The van der Waals surface area contributed by atoms with Crippen LogP contribution in [0.4, 0.5) is 24.0 Å². The Morgan fingerprint density at radius 2 is 1.80 bits per heavy atom. The van der Waals surface area contributed by atoms with Gasteiger partial charge in [0.2, 0.25) is 5.13 Å². The fourth-order valence-corrected chi connectivity index (χ4v) is 5.39. The Balaban J connectivity index is 1.30. The molecule has 40 heavy (non-hydrogen) atoms. The van der Waals surface area contributed by atoms with Gasteiger partial charge in [0.1, 0.15) is 18.3 Å². The summed E-state index contributed by atoms with van der Waals surface area (Å²) in [6.45, 7) is 6.84. The first-order valence-corrected chi connectivity index (χ1v) is 13.8. The molecule has 5 rings (SSSR count). The summed E-state index contributed by atoms with van der Waals surface area (Å²) < 4.78 is 44.1. The first-order valence-electron chi connectivity index (χ1n) is 13.0. The normalized spacial score (nSPS) is 17.4. The lowest BCUT2D eigenvalue weighted by molar-refractivity contribution is -0.115. The number of fused-ring (bicyclic) bond motifs is 1. The Hall–Kier alpha value is -3.73. The first kappa shape index (κ1) is 27.8. The Labute approximate surface area is 234 Å². The molecule has 0 amide bonds. The molecule has 0 saturated heterocycles. The van der Waals surface area contributed by atoms with Crippen molar-refractivity contribution in [1.29, 1.82) is 0 Å². The van der Waals surface area contributed by atoms with Crippen LogP contribution in [0.25, 0.3) is 21.6 Å². The predicted octanol–water partition coefficient (Wildman–Crippen LogP) is 7.13. The van der Waals surface area contributed by atoms with Gasteiger partial charge in [0.15, 0.2) is 5.01 Å². The van der Waals surface area contributed by atoms with E-state index >= 15 is 0 Å². The largest absolute Gasteiger partial charge is 0.459 e. The van der Waals surface area contributed by atoms with E-state index in [0.717, 1.165) is 22.0 Å². The number of ether oxygens (including phenoxy) is 1. The maximum absolute atomic E-state index is 12.8. The van der Waals surface area contributed by atoms with Gasteiger partial charge in [-0.3, -0.25) is 0 Å². The van der Waals surface area contributed by atoms with Crippen LogP contribution in [0.3, 0.4) is 0 Å². The number of alkyl halides is 3. The Morgan fingerprint density at radius 1 is 1.07 bits per heavy atom. The number of esters is 1. The number of pyridine rings is 1. The van der Waals surface area contributed by atoms with Crippen LogP contribution in [0, 0.1) is 6.92 Å². The van der Waals surface area contributed by atoms with Crippen LogP contribution in [-0.2, 0) is 10.2 Å². The average molecular weight is 570 g/mol. The fourth-order valence-electron chi connectivity index (χ4n) is 4.61. The predicted molar refractivity (Wildman–Crippen MR) is 151 cm³/mol. The SMILES string of the molecule is Cc1cc(-c2nnc(N[C@H]3C[C@@H](OC(=O)c4ccccc4)C3)s2)nc2c(C(C)(C)C)cc(NCC(F)(F)F)cc12. The minimum Gasteiger partial charge on any atom is -0.459 e. The third kappa shape index (κ3) is 6.35. The molecule has 2 heterocycles. The molecular formula is C29H30F3N5O2S. The van der Waals surface area contributed by atoms with Gasteiger partial charge in [-0.1, -0.05) is 50.3 Å². The first-order chi connectivity index (χ1) is 18.9. The molecule has 0 aliphatic heterocycles. The number of aryl methyl sites for hydroxylation is 1. The quantitative estimate of drug-likeness (QED) is 0.229. The van der Waals surface area contributed by atoms with Crippen molar-refractivity contribution in [3.05, 3.63) is 65.2 Å². The fraction of sp³-hybridized carbons (Fsp3) is 0.379. The van der Waals surface area contributed by atoms with Gasteiger partial charge >= 0.3 is 12.1 Å². The molecule has 0 unspecified atom stereocenters. The Kier molecular flexibility index (Phi) is 7.43. The van der Waals surface area contributed by atoms with E-state index in [0.29, 0.717) is 39.9 Å². The van der Waals surface area contributed by atoms with Gasteiger partial charge in [-0.25, -0.2) is 9.78 Å². The zero-order chi connectivity index (χ0) is 28.7.